The van der Waals surface area contributed by atoms with Gasteiger partial charge in [-0.3, -0.25) is 4.79 Å². The van der Waals surface area contributed by atoms with Gasteiger partial charge in [0, 0.05) is 5.38 Å². The van der Waals surface area contributed by atoms with Crippen molar-refractivity contribution in [3.8, 4) is 0 Å². The molecule has 0 aliphatic heterocycles. The lowest BCUT2D eigenvalue weighted by molar-refractivity contribution is -0.118. The van der Waals surface area contributed by atoms with Gasteiger partial charge in [-0.15, -0.1) is 11.3 Å². The molecule has 1 aromatic carbocycles. The summed E-state index contributed by atoms with van der Waals surface area (Å²) in [5.74, 6) is -0.330. The van der Waals surface area contributed by atoms with Crippen LogP contribution in [-0.2, 0) is 10.2 Å². The predicted molar refractivity (Wildman–Crippen MR) is 72.8 cm³/mol. The highest BCUT2D eigenvalue weighted by atomic mass is 32.1. The molecule has 5 heteroatoms. The fraction of sp³-hybridized carbons (Fsp3) is 0.286. The molecule has 3 nitrogen and oxygen atoms in total. The number of anilines is 1. The summed E-state index contributed by atoms with van der Waals surface area (Å²) in [4.78, 5) is 16.6. The zero-order valence-corrected chi connectivity index (χ0v) is 11.3. The van der Waals surface area contributed by atoms with Gasteiger partial charge in [-0.2, -0.15) is 0 Å². The topological polar surface area (TPSA) is 42.0 Å². The summed E-state index contributed by atoms with van der Waals surface area (Å²) in [6.45, 7) is 1.89. The summed E-state index contributed by atoms with van der Waals surface area (Å²) >= 11 is 1.42. The first-order valence-corrected chi connectivity index (χ1v) is 6.98. The Morgan fingerprint density at radius 1 is 1.37 bits per heavy atom. The number of hydrogen-bond acceptors (Lipinski definition) is 3. The van der Waals surface area contributed by atoms with Crippen LogP contribution in [0.1, 0.15) is 24.1 Å². The Morgan fingerprint density at radius 2 is 2.05 bits per heavy atom. The van der Waals surface area contributed by atoms with Crippen molar-refractivity contribution in [3.05, 3.63) is 46.7 Å². The molecule has 1 aromatic heterocycles. The van der Waals surface area contributed by atoms with Crippen LogP contribution in [0, 0.1) is 12.7 Å². The van der Waals surface area contributed by atoms with E-state index in [1.54, 1.807) is 12.1 Å². The summed E-state index contributed by atoms with van der Waals surface area (Å²) in [7, 11) is 0. The molecule has 3 rings (SSSR count). The highest BCUT2D eigenvalue weighted by Gasteiger charge is 2.51. The normalized spacial score (nSPS) is 16.1. The molecule has 1 amide bonds. The van der Waals surface area contributed by atoms with Gasteiger partial charge in [0.05, 0.1) is 11.1 Å². The third-order valence-electron chi connectivity index (χ3n) is 3.42. The van der Waals surface area contributed by atoms with Gasteiger partial charge in [0.2, 0.25) is 5.91 Å². The van der Waals surface area contributed by atoms with E-state index in [1.165, 1.54) is 23.5 Å². The van der Waals surface area contributed by atoms with E-state index in [2.05, 4.69) is 10.3 Å². The molecule has 1 saturated carbocycles. The minimum absolute atomic E-state index is 0.0477. The Kier molecular flexibility index (Phi) is 2.86. The highest BCUT2D eigenvalue weighted by Crippen LogP contribution is 2.49. The first-order valence-electron chi connectivity index (χ1n) is 6.10. The number of aryl methyl sites for hydroxylation is 1. The molecule has 0 bridgehead atoms. The minimum atomic E-state index is -0.493. The number of hydrogen-bond donors (Lipinski definition) is 1. The standard InChI is InChI=1S/C14H13FN2OS/c1-9-8-19-13(16-9)17-12(18)14(6-7-14)10-2-4-11(15)5-3-10/h2-5,8H,6-7H2,1H3,(H,16,17,18). The number of rotatable bonds is 3. The molecule has 1 heterocycles. The van der Waals surface area contributed by atoms with Crippen LogP contribution in [0.3, 0.4) is 0 Å². The summed E-state index contributed by atoms with van der Waals surface area (Å²) in [5.41, 5.74) is 1.28. The van der Waals surface area contributed by atoms with E-state index in [-0.39, 0.29) is 11.7 Å². The number of nitrogens with one attached hydrogen (secondary N) is 1. The van der Waals surface area contributed by atoms with Gasteiger partial charge >= 0.3 is 0 Å². The minimum Gasteiger partial charge on any atom is -0.301 e. The van der Waals surface area contributed by atoms with Crippen molar-refractivity contribution < 1.29 is 9.18 Å². The molecule has 1 fully saturated rings. The van der Waals surface area contributed by atoms with Gasteiger partial charge < -0.3 is 5.32 Å². The van der Waals surface area contributed by atoms with Crippen molar-refractivity contribution in [2.45, 2.75) is 25.2 Å². The second-order valence-corrected chi connectivity index (χ2v) is 5.70. The molecule has 2 aromatic rings. The van der Waals surface area contributed by atoms with E-state index in [4.69, 9.17) is 0 Å². The number of halogens is 1. The third kappa shape index (κ3) is 2.26. The van der Waals surface area contributed by atoms with E-state index >= 15 is 0 Å². The average molecular weight is 276 g/mol. The van der Waals surface area contributed by atoms with Gasteiger partial charge in [-0.1, -0.05) is 12.1 Å². The second kappa shape index (κ2) is 4.42. The number of thiazole rings is 1. The molecular weight excluding hydrogens is 263 g/mol. The zero-order valence-electron chi connectivity index (χ0n) is 10.4. The number of benzene rings is 1. The largest absolute Gasteiger partial charge is 0.301 e. The quantitative estimate of drug-likeness (QED) is 0.935. The van der Waals surface area contributed by atoms with Gasteiger partial charge in [0.1, 0.15) is 5.82 Å². The van der Waals surface area contributed by atoms with Gasteiger partial charge in [-0.25, -0.2) is 9.37 Å². The maximum absolute atomic E-state index is 12.9. The Labute approximate surface area is 114 Å². The molecule has 0 atom stereocenters. The van der Waals surface area contributed by atoms with Crippen LogP contribution in [0.15, 0.2) is 29.6 Å². The van der Waals surface area contributed by atoms with Crippen LogP contribution in [0.5, 0.6) is 0 Å². The first kappa shape index (κ1) is 12.3. The van der Waals surface area contributed by atoms with Crippen molar-refractivity contribution in [2.75, 3.05) is 5.32 Å². The second-order valence-electron chi connectivity index (χ2n) is 4.84. The maximum Gasteiger partial charge on any atom is 0.236 e. The predicted octanol–water partition coefficient (Wildman–Crippen LogP) is 3.26. The van der Waals surface area contributed by atoms with E-state index < -0.39 is 5.41 Å². The fourth-order valence-corrected chi connectivity index (χ4v) is 2.85. The van der Waals surface area contributed by atoms with Crippen molar-refractivity contribution in [3.63, 3.8) is 0 Å². The average Bonchev–Trinajstić information content (AvgIpc) is 3.10. The van der Waals surface area contributed by atoms with Crippen molar-refractivity contribution in [1.29, 1.82) is 0 Å². The summed E-state index contributed by atoms with van der Waals surface area (Å²) < 4.78 is 12.9. The fourth-order valence-electron chi connectivity index (χ4n) is 2.17. The summed E-state index contributed by atoms with van der Waals surface area (Å²) in [6, 6.07) is 6.18. The number of carbonyl (C=O) groups excluding carboxylic acids is 1. The van der Waals surface area contributed by atoms with Crippen molar-refractivity contribution >= 4 is 22.4 Å². The van der Waals surface area contributed by atoms with Gasteiger partial charge in [-0.05, 0) is 37.5 Å². The Balaban J connectivity index is 1.81. The molecule has 0 spiro atoms. The number of carbonyl (C=O) groups is 1. The SMILES string of the molecule is Cc1csc(NC(=O)C2(c3ccc(F)cc3)CC2)n1. The molecule has 1 N–H and O–H groups in total. The van der Waals surface area contributed by atoms with Crippen LogP contribution in [0.4, 0.5) is 9.52 Å². The van der Waals surface area contributed by atoms with E-state index in [0.717, 1.165) is 24.1 Å². The molecule has 0 saturated heterocycles. The first-order chi connectivity index (χ1) is 9.10. The van der Waals surface area contributed by atoms with E-state index in [9.17, 15) is 9.18 Å². The van der Waals surface area contributed by atoms with Crippen LogP contribution < -0.4 is 5.32 Å². The van der Waals surface area contributed by atoms with Crippen LogP contribution in [0.2, 0.25) is 0 Å². The molecule has 19 heavy (non-hydrogen) atoms. The van der Waals surface area contributed by atoms with Gasteiger partial charge in [0.15, 0.2) is 5.13 Å². The van der Waals surface area contributed by atoms with E-state index in [0.29, 0.717) is 5.13 Å². The smallest absolute Gasteiger partial charge is 0.236 e. The lowest BCUT2D eigenvalue weighted by Crippen LogP contribution is -2.27. The Hall–Kier alpha value is -1.75. The number of amides is 1. The van der Waals surface area contributed by atoms with Crippen molar-refractivity contribution in [1.82, 2.24) is 4.98 Å². The molecule has 98 valence electrons. The molecule has 0 unspecified atom stereocenters. The highest BCUT2D eigenvalue weighted by molar-refractivity contribution is 7.13. The number of aromatic nitrogens is 1. The third-order valence-corrected chi connectivity index (χ3v) is 4.30. The lowest BCUT2D eigenvalue weighted by atomic mass is 9.95. The van der Waals surface area contributed by atoms with Crippen LogP contribution >= 0.6 is 11.3 Å². The van der Waals surface area contributed by atoms with Crippen LogP contribution in [0.25, 0.3) is 0 Å². The van der Waals surface area contributed by atoms with Crippen molar-refractivity contribution in [2.24, 2.45) is 0 Å². The van der Waals surface area contributed by atoms with E-state index in [1.807, 2.05) is 12.3 Å². The number of nitrogens with zero attached hydrogens (tertiary/aromatic N) is 1. The molecular formula is C14H13FN2OS. The molecule has 1 aliphatic carbocycles. The lowest BCUT2D eigenvalue weighted by Gasteiger charge is -2.14. The maximum atomic E-state index is 12.9. The van der Waals surface area contributed by atoms with Crippen LogP contribution in [-0.4, -0.2) is 10.9 Å². The molecule has 1 aliphatic rings. The monoisotopic (exact) mass is 276 g/mol. The summed E-state index contributed by atoms with van der Waals surface area (Å²) in [6.07, 6.45) is 1.60. The molecule has 0 radical (unpaired) electrons. The van der Waals surface area contributed by atoms with Gasteiger partial charge in [0.25, 0.3) is 0 Å². The summed E-state index contributed by atoms with van der Waals surface area (Å²) in [5, 5.41) is 5.37. The Morgan fingerprint density at radius 3 is 2.58 bits per heavy atom. The zero-order chi connectivity index (χ0) is 13.5. The Bertz CT molecular complexity index is 617.